The van der Waals surface area contributed by atoms with E-state index in [0.717, 1.165) is 91.4 Å². The largest absolute Gasteiger partial charge is 0.378 e. The van der Waals surface area contributed by atoms with Gasteiger partial charge in [-0.3, -0.25) is 0 Å². The molecule has 0 spiro atoms. The van der Waals surface area contributed by atoms with Crippen LogP contribution in [0.15, 0.2) is 98.5 Å². The first-order valence-corrected chi connectivity index (χ1v) is 16.7. The number of hydrogen-bond donors (Lipinski definition) is 0. The molecule has 0 amide bonds. The zero-order valence-corrected chi connectivity index (χ0v) is 27.0. The summed E-state index contributed by atoms with van der Waals surface area (Å²) < 4.78 is 11.4. The summed E-state index contributed by atoms with van der Waals surface area (Å²) in [5, 5.41) is 9.28. The quantitative estimate of drug-likeness (QED) is 0.220. The minimum atomic E-state index is 0.759. The van der Waals surface area contributed by atoms with E-state index in [1.165, 1.54) is 50.5 Å². The Hall–Kier alpha value is -3.94. The van der Waals surface area contributed by atoms with Crippen molar-refractivity contribution in [3.05, 3.63) is 99.4 Å². The molecule has 2 aromatic carbocycles. The van der Waals surface area contributed by atoms with E-state index in [2.05, 4.69) is 105 Å². The van der Waals surface area contributed by atoms with E-state index in [1.54, 1.807) is 0 Å². The van der Waals surface area contributed by atoms with E-state index in [4.69, 9.17) is 9.47 Å². The van der Waals surface area contributed by atoms with Crippen molar-refractivity contribution in [1.29, 1.82) is 0 Å². The van der Waals surface area contributed by atoms with Crippen molar-refractivity contribution < 1.29 is 9.47 Å². The molecule has 7 heteroatoms. The van der Waals surface area contributed by atoms with Gasteiger partial charge in [0.25, 0.3) is 0 Å². The van der Waals surface area contributed by atoms with E-state index in [9.17, 15) is 0 Å². The van der Waals surface area contributed by atoms with Gasteiger partial charge in [0.05, 0.1) is 38.9 Å². The highest BCUT2D eigenvalue weighted by Crippen LogP contribution is 2.36. The highest BCUT2D eigenvalue weighted by molar-refractivity contribution is 5.86. The van der Waals surface area contributed by atoms with E-state index in [0.29, 0.717) is 0 Å². The van der Waals surface area contributed by atoms with Crippen LogP contribution in [0.1, 0.15) is 50.7 Å². The second-order valence-electron chi connectivity index (χ2n) is 11.9. The van der Waals surface area contributed by atoms with Crippen LogP contribution < -0.4 is 4.90 Å². The number of ether oxygens (including phenoxy) is 2. The van der Waals surface area contributed by atoms with Crippen molar-refractivity contribution >= 4 is 30.3 Å². The van der Waals surface area contributed by atoms with E-state index in [-0.39, 0.29) is 0 Å². The fourth-order valence-electron chi connectivity index (χ4n) is 6.87. The highest BCUT2D eigenvalue weighted by Gasteiger charge is 2.27. The maximum absolute atomic E-state index is 5.70. The molecule has 2 fully saturated rings. The van der Waals surface area contributed by atoms with Crippen molar-refractivity contribution in [2.75, 3.05) is 70.6 Å². The van der Waals surface area contributed by atoms with Crippen LogP contribution in [0.5, 0.6) is 0 Å². The summed E-state index contributed by atoms with van der Waals surface area (Å²) in [6.45, 7) is 13.1. The normalized spacial score (nSPS) is 21.5. The first-order valence-electron chi connectivity index (χ1n) is 16.7. The standard InChI is InChI=1S/C38H47N5O2/c1-3-41(4-2)36-16-10-31(11-17-36)27-33-13-15-35(38(33)43-20-24-45-25-21-43)29-40-39-28-34-14-12-32(26-30-8-6-5-7-9-30)37(34)42-18-22-44-23-19-42/h5-11,16-17,26-29H,3-4,12-15,18-25H2,1-2H3/b32-26-,33-27+,39-28+,40-29+. The summed E-state index contributed by atoms with van der Waals surface area (Å²) in [6.07, 6.45) is 12.7. The van der Waals surface area contributed by atoms with E-state index in [1.807, 2.05) is 12.4 Å². The summed E-state index contributed by atoms with van der Waals surface area (Å²) in [4.78, 5) is 7.33. The lowest BCUT2D eigenvalue weighted by Crippen LogP contribution is -2.36. The molecule has 0 N–H and O–H groups in total. The average molecular weight is 606 g/mol. The van der Waals surface area contributed by atoms with Crippen molar-refractivity contribution in [2.45, 2.75) is 39.5 Å². The molecule has 2 saturated heterocycles. The molecular formula is C38H47N5O2. The Morgan fingerprint density at radius 2 is 1.09 bits per heavy atom. The van der Waals surface area contributed by atoms with Gasteiger partial charge in [0.15, 0.2) is 0 Å². The molecule has 2 aromatic rings. The number of rotatable bonds is 10. The third kappa shape index (κ3) is 7.66. The molecule has 7 nitrogen and oxygen atoms in total. The maximum atomic E-state index is 5.70. The van der Waals surface area contributed by atoms with Gasteiger partial charge in [0.1, 0.15) is 0 Å². The van der Waals surface area contributed by atoms with E-state index >= 15 is 0 Å². The summed E-state index contributed by atoms with van der Waals surface area (Å²) in [6, 6.07) is 19.6. The Morgan fingerprint density at radius 1 is 0.622 bits per heavy atom. The van der Waals surface area contributed by atoms with Gasteiger partial charge < -0.3 is 24.2 Å². The number of nitrogens with zero attached hydrogens (tertiary/aromatic N) is 5. The molecule has 0 bridgehead atoms. The Bertz CT molecular complexity index is 1470. The number of anilines is 1. The number of hydrogen-bond acceptors (Lipinski definition) is 7. The Balaban J connectivity index is 1.25. The Kier molecular flexibility index (Phi) is 10.6. The van der Waals surface area contributed by atoms with Crippen molar-refractivity contribution in [2.24, 2.45) is 10.2 Å². The van der Waals surface area contributed by atoms with Crippen LogP contribution in [-0.4, -0.2) is 87.9 Å². The van der Waals surface area contributed by atoms with Gasteiger partial charge >= 0.3 is 0 Å². The third-order valence-corrected chi connectivity index (χ3v) is 9.20. The van der Waals surface area contributed by atoms with Gasteiger partial charge in [0.2, 0.25) is 0 Å². The van der Waals surface area contributed by atoms with Crippen LogP contribution >= 0.6 is 0 Å². The van der Waals surface area contributed by atoms with Gasteiger partial charge in [-0.2, -0.15) is 10.2 Å². The molecule has 0 saturated carbocycles. The molecule has 45 heavy (non-hydrogen) atoms. The Morgan fingerprint density at radius 3 is 1.56 bits per heavy atom. The summed E-state index contributed by atoms with van der Waals surface area (Å²) in [5.41, 5.74) is 11.7. The average Bonchev–Trinajstić information content (AvgIpc) is 3.69. The fraction of sp³-hybridized carbons (Fsp3) is 0.421. The molecule has 2 heterocycles. The topological polar surface area (TPSA) is 52.9 Å². The second kappa shape index (κ2) is 15.4. The Labute approximate surface area is 268 Å². The fourth-order valence-corrected chi connectivity index (χ4v) is 6.87. The summed E-state index contributed by atoms with van der Waals surface area (Å²) in [7, 11) is 0. The minimum absolute atomic E-state index is 0.759. The molecule has 2 aliphatic heterocycles. The predicted molar refractivity (Wildman–Crippen MR) is 187 cm³/mol. The SMILES string of the molecule is CCN(CC)c1ccc(/C=C2\CCC(/C=N/N=C/C3=C(N4CCOCC4)C(=C\c4ccccc4)/CC3)=C2N2CCOCC2)cc1. The number of morpholine rings is 2. The monoisotopic (exact) mass is 605 g/mol. The van der Waals surface area contributed by atoms with Gasteiger partial charge in [-0.25, -0.2) is 0 Å². The zero-order valence-electron chi connectivity index (χ0n) is 27.0. The molecule has 2 aliphatic carbocycles. The number of allylic oxidation sites excluding steroid dienone is 4. The van der Waals surface area contributed by atoms with Gasteiger partial charge in [-0.15, -0.1) is 0 Å². The lowest BCUT2D eigenvalue weighted by molar-refractivity contribution is 0.0548. The van der Waals surface area contributed by atoms with Crippen molar-refractivity contribution in [3.8, 4) is 0 Å². The lowest BCUT2D eigenvalue weighted by atomic mass is 10.1. The van der Waals surface area contributed by atoms with Crippen molar-refractivity contribution in [1.82, 2.24) is 9.80 Å². The van der Waals surface area contributed by atoms with Crippen LogP contribution in [-0.2, 0) is 9.47 Å². The van der Waals surface area contributed by atoms with Crippen molar-refractivity contribution in [3.63, 3.8) is 0 Å². The first kappa shape index (κ1) is 31.1. The van der Waals surface area contributed by atoms with Gasteiger partial charge in [-0.1, -0.05) is 42.5 Å². The molecule has 6 rings (SSSR count). The number of benzene rings is 2. The molecule has 0 aromatic heterocycles. The maximum Gasteiger partial charge on any atom is 0.0642 e. The zero-order chi connectivity index (χ0) is 30.8. The smallest absolute Gasteiger partial charge is 0.0642 e. The molecule has 0 radical (unpaired) electrons. The molecule has 236 valence electrons. The van der Waals surface area contributed by atoms with Crippen LogP contribution in [0.2, 0.25) is 0 Å². The van der Waals surface area contributed by atoms with E-state index < -0.39 is 0 Å². The molecule has 0 atom stereocenters. The molecular weight excluding hydrogens is 558 g/mol. The first-order chi connectivity index (χ1) is 22.2. The predicted octanol–water partition coefficient (Wildman–Crippen LogP) is 6.82. The molecule has 0 unspecified atom stereocenters. The summed E-state index contributed by atoms with van der Waals surface area (Å²) >= 11 is 0. The third-order valence-electron chi connectivity index (χ3n) is 9.20. The van der Waals surface area contributed by atoms with Gasteiger partial charge in [0, 0.05) is 56.4 Å². The summed E-state index contributed by atoms with van der Waals surface area (Å²) in [5.74, 6) is 0. The van der Waals surface area contributed by atoms with Crippen LogP contribution in [0.3, 0.4) is 0 Å². The second-order valence-corrected chi connectivity index (χ2v) is 11.9. The highest BCUT2D eigenvalue weighted by atomic mass is 16.5. The van der Waals surface area contributed by atoms with Crippen LogP contribution in [0, 0.1) is 0 Å². The van der Waals surface area contributed by atoms with Gasteiger partial charge in [-0.05, 0) is 97.2 Å². The minimum Gasteiger partial charge on any atom is -0.378 e. The lowest BCUT2D eigenvalue weighted by Gasteiger charge is -2.31. The van der Waals surface area contributed by atoms with Crippen LogP contribution in [0.4, 0.5) is 5.69 Å². The van der Waals surface area contributed by atoms with Crippen LogP contribution in [0.25, 0.3) is 12.2 Å². The molecule has 4 aliphatic rings.